The van der Waals surface area contributed by atoms with Crippen LogP contribution in [0.4, 0.5) is 10.1 Å². The van der Waals surface area contributed by atoms with Gasteiger partial charge in [-0.3, -0.25) is 9.59 Å². The van der Waals surface area contributed by atoms with Crippen molar-refractivity contribution in [2.24, 2.45) is 0 Å². The van der Waals surface area contributed by atoms with E-state index in [1.807, 2.05) is 36.5 Å². The van der Waals surface area contributed by atoms with E-state index in [0.717, 1.165) is 11.3 Å². The van der Waals surface area contributed by atoms with Gasteiger partial charge in [0.25, 0.3) is 5.91 Å². The van der Waals surface area contributed by atoms with Gasteiger partial charge in [-0.05, 0) is 30.3 Å². The van der Waals surface area contributed by atoms with Gasteiger partial charge in [0, 0.05) is 28.6 Å². The second-order valence-corrected chi connectivity index (χ2v) is 9.20. The minimum Gasteiger partial charge on any atom is -0.324 e. The first-order valence-corrected chi connectivity index (χ1v) is 12.1. The standard InChI is InChI=1S/C23H18FN5O2S2/c24-16-5-4-6-17(9-16)26-21(30)20-13-32-14-28(20)23(31)19-12-33-22(27-19)15-10-25-29(11-15)18-7-2-1-3-8-18/h1-12,20H,13-14H2,(H,26,30). The molecular weight excluding hydrogens is 461 g/mol. The van der Waals surface area contributed by atoms with Crippen molar-refractivity contribution in [1.82, 2.24) is 19.7 Å². The summed E-state index contributed by atoms with van der Waals surface area (Å²) >= 11 is 2.84. The lowest BCUT2D eigenvalue weighted by Crippen LogP contribution is -2.44. The van der Waals surface area contributed by atoms with Crippen LogP contribution in [0.5, 0.6) is 0 Å². The minimum atomic E-state index is -0.656. The number of halogens is 1. The van der Waals surface area contributed by atoms with Gasteiger partial charge in [0.2, 0.25) is 5.91 Å². The van der Waals surface area contributed by atoms with Crippen LogP contribution in [0.3, 0.4) is 0 Å². The van der Waals surface area contributed by atoms with Crippen molar-refractivity contribution in [1.29, 1.82) is 0 Å². The molecule has 2 amide bonds. The molecule has 2 aromatic heterocycles. The molecule has 1 unspecified atom stereocenters. The topological polar surface area (TPSA) is 80.1 Å². The highest BCUT2D eigenvalue weighted by atomic mass is 32.2. The fraction of sp³-hybridized carbons (Fsp3) is 0.130. The first kappa shape index (κ1) is 21.4. The molecule has 2 aromatic carbocycles. The summed E-state index contributed by atoms with van der Waals surface area (Å²) in [5.41, 5.74) is 2.38. The van der Waals surface area contributed by atoms with Crippen molar-refractivity contribution in [2.75, 3.05) is 16.9 Å². The third-order valence-corrected chi connectivity index (χ3v) is 7.02. The number of anilines is 1. The molecular formula is C23H18FN5O2S2. The van der Waals surface area contributed by atoms with E-state index in [9.17, 15) is 14.0 Å². The maximum atomic E-state index is 13.4. The molecule has 1 atom stereocenters. The Labute approximate surface area is 197 Å². The van der Waals surface area contributed by atoms with Gasteiger partial charge in [-0.1, -0.05) is 24.3 Å². The largest absolute Gasteiger partial charge is 0.324 e. The summed E-state index contributed by atoms with van der Waals surface area (Å²) in [7, 11) is 0. The predicted octanol–water partition coefficient (Wildman–Crippen LogP) is 4.29. The number of amides is 2. The molecule has 4 aromatic rings. The van der Waals surface area contributed by atoms with Crippen molar-refractivity contribution in [3.05, 3.63) is 83.9 Å². The monoisotopic (exact) mass is 479 g/mol. The Bertz CT molecular complexity index is 1310. The Balaban J connectivity index is 1.31. The average Bonchev–Trinajstić information content (AvgIpc) is 3.59. The molecule has 1 fully saturated rings. The fourth-order valence-electron chi connectivity index (χ4n) is 3.46. The first-order valence-electron chi connectivity index (χ1n) is 10.1. The van der Waals surface area contributed by atoms with Gasteiger partial charge in [0.15, 0.2) is 0 Å². The highest BCUT2D eigenvalue weighted by molar-refractivity contribution is 7.99. The highest BCUT2D eigenvalue weighted by Gasteiger charge is 2.36. The third-order valence-electron chi connectivity index (χ3n) is 5.11. The number of benzene rings is 2. The number of para-hydroxylation sites is 1. The third kappa shape index (κ3) is 4.53. The maximum absolute atomic E-state index is 13.4. The van der Waals surface area contributed by atoms with Crippen LogP contribution >= 0.6 is 23.1 Å². The highest BCUT2D eigenvalue weighted by Crippen LogP contribution is 2.28. The Morgan fingerprint density at radius 1 is 1.12 bits per heavy atom. The van der Waals surface area contributed by atoms with Crippen LogP contribution in [0.2, 0.25) is 0 Å². The Morgan fingerprint density at radius 3 is 2.79 bits per heavy atom. The summed E-state index contributed by atoms with van der Waals surface area (Å²) in [5.74, 6) is -0.241. The molecule has 0 radical (unpaired) electrons. The number of hydrogen-bond acceptors (Lipinski definition) is 6. The molecule has 0 aliphatic carbocycles. The van der Waals surface area contributed by atoms with Gasteiger partial charge in [0.1, 0.15) is 22.6 Å². The fourth-order valence-corrected chi connectivity index (χ4v) is 5.38. The average molecular weight is 480 g/mol. The zero-order valence-electron chi connectivity index (χ0n) is 17.2. The second-order valence-electron chi connectivity index (χ2n) is 7.34. The zero-order chi connectivity index (χ0) is 22.8. The number of thiazole rings is 1. The molecule has 5 rings (SSSR count). The normalized spacial score (nSPS) is 15.5. The zero-order valence-corrected chi connectivity index (χ0v) is 18.9. The molecule has 1 aliphatic rings. The Morgan fingerprint density at radius 2 is 1.97 bits per heavy atom. The number of nitrogens with one attached hydrogen (secondary N) is 1. The summed E-state index contributed by atoms with van der Waals surface area (Å²) in [6.07, 6.45) is 3.57. The van der Waals surface area contributed by atoms with Crippen molar-refractivity contribution in [3.63, 3.8) is 0 Å². The molecule has 3 heterocycles. The van der Waals surface area contributed by atoms with Gasteiger partial charge >= 0.3 is 0 Å². The van der Waals surface area contributed by atoms with E-state index < -0.39 is 11.9 Å². The molecule has 0 bridgehead atoms. The Hall–Kier alpha value is -3.50. The van der Waals surface area contributed by atoms with Gasteiger partial charge in [-0.2, -0.15) is 5.10 Å². The second kappa shape index (κ2) is 9.16. The van der Waals surface area contributed by atoms with Crippen molar-refractivity contribution < 1.29 is 14.0 Å². The maximum Gasteiger partial charge on any atom is 0.274 e. The first-order chi connectivity index (χ1) is 16.1. The van der Waals surface area contributed by atoms with E-state index in [1.54, 1.807) is 22.3 Å². The number of carbonyl (C=O) groups excluding carboxylic acids is 2. The number of rotatable bonds is 5. The van der Waals surface area contributed by atoms with Crippen LogP contribution in [-0.2, 0) is 4.79 Å². The summed E-state index contributed by atoms with van der Waals surface area (Å²) < 4.78 is 15.2. The summed E-state index contributed by atoms with van der Waals surface area (Å²) in [6.45, 7) is 0. The van der Waals surface area contributed by atoms with E-state index in [2.05, 4.69) is 15.4 Å². The van der Waals surface area contributed by atoms with Crippen LogP contribution < -0.4 is 5.32 Å². The number of thioether (sulfide) groups is 1. The molecule has 7 nitrogen and oxygen atoms in total. The van der Waals surface area contributed by atoms with Crippen molar-refractivity contribution in [2.45, 2.75) is 6.04 Å². The lowest BCUT2D eigenvalue weighted by Gasteiger charge is -2.22. The quantitative estimate of drug-likeness (QED) is 0.462. The van der Waals surface area contributed by atoms with Crippen LogP contribution in [0.1, 0.15) is 10.5 Å². The minimum absolute atomic E-state index is 0.286. The summed E-state index contributed by atoms with van der Waals surface area (Å²) in [6, 6.07) is 14.7. The van der Waals surface area contributed by atoms with Crippen molar-refractivity contribution in [3.8, 4) is 16.3 Å². The molecule has 33 heavy (non-hydrogen) atoms. The molecule has 10 heteroatoms. The molecule has 166 valence electrons. The van der Waals surface area contributed by atoms with Crippen molar-refractivity contribution >= 4 is 40.6 Å². The van der Waals surface area contributed by atoms with Crippen LogP contribution in [0.25, 0.3) is 16.3 Å². The number of hydrogen-bond donors (Lipinski definition) is 1. The molecule has 1 saturated heterocycles. The summed E-state index contributed by atoms with van der Waals surface area (Å²) in [5, 5.41) is 9.45. The van der Waals surface area contributed by atoms with Crippen LogP contribution in [-0.4, -0.2) is 49.2 Å². The smallest absolute Gasteiger partial charge is 0.274 e. The SMILES string of the molecule is O=C(Nc1cccc(F)c1)C1CSCN1C(=O)c1csc(-c2cnn(-c3ccccc3)c2)n1. The van der Waals surface area contributed by atoms with Gasteiger partial charge in [-0.25, -0.2) is 14.1 Å². The number of nitrogens with zero attached hydrogens (tertiary/aromatic N) is 4. The lowest BCUT2D eigenvalue weighted by atomic mass is 10.2. The van der Waals surface area contributed by atoms with E-state index in [-0.39, 0.29) is 17.5 Å². The van der Waals surface area contributed by atoms with Gasteiger partial charge in [-0.15, -0.1) is 23.1 Å². The number of aromatic nitrogens is 3. The molecule has 1 aliphatic heterocycles. The van der Waals surface area contributed by atoms with E-state index in [0.29, 0.717) is 22.3 Å². The van der Waals surface area contributed by atoms with E-state index in [1.165, 1.54) is 46.2 Å². The van der Waals surface area contributed by atoms with Gasteiger partial charge < -0.3 is 10.2 Å². The predicted molar refractivity (Wildman–Crippen MR) is 127 cm³/mol. The van der Waals surface area contributed by atoms with Crippen LogP contribution in [0, 0.1) is 5.82 Å². The number of carbonyl (C=O) groups is 2. The van der Waals surface area contributed by atoms with Gasteiger partial charge in [0.05, 0.1) is 17.8 Å². The molecule has 0 spiro atoms. The van der Waals surface area contributed by atoms with Crippen LogP contribution in [0.15, 0.2) is 72.4 Å². The molecule has 1 N–H and O–H groups in total. The summed E-state index contributed by atoms with van der Waals surface area (Å²) in [4.78, 5) is 31.9. The van der Waals surface area contributed by atoms with E-state index in [4.69, 9.17) is 0 Å². The van der Waals surface area contributed by atoms with E-state index >= 15 is 0 Å². The molecule has 0 saturated carbocycles. The lowest BCUT2D eigenvalue weighted by molar-refractivity contribution is -0.119. The Kier molecular flexibility index (Phi) is 5.93.